The topological polar surface area (TPSA) is 75.7 Å². The fraction of sp³-hybridized carbons (Fsp3) is 0.423. The molecule has 1 N–H and O–H groups in total. The summed E-state index contributed by atoms with van der Waals surface area (Å²) in [6, 6.07) is 9.04. The molecule has 0 aromatic heterocycles. The van der Waals surface area contributed by atoms with Gasteiger partial charge in [-0.05, 0) is 50.6 Å². The Morgan fingerprint density at radius 2 is 1.84 bits per heavy atom. The number of hydrogen-bond acceptors (Lipinski definition) is 5. The lowest BCUT2D eigenvalue weighted by molar-refractivity contribution is -0.120. The summed E-state index contributed by atoms with van der Waals surface area (Å²) in [6.07, 6.45) is -1.38. The van der Waals surface area contributed by atoms with E-state index < -0.39 is 41.3 Å². The number of alkyl carbamates (subject to hydrolysis) is 1. The molecule has 0 unspecified atom stereocenters. The molecule has 4 rings (SSSR count). The fourth-order valence-corrected chi connectivity index (χ4v) is 5.50. The lowest BCUT2D eigenvalue weighted by Crippen LogP contribution is -2.50. The van der Waals surface area contributed by atoms with E-state index in [1.54, 1.807) is 51.1 Å². The predicted molar refractivity (Wildman–Crippen MR) is 140 cm³/mol. The first-order chi connectivity index (χ1) is 17.2. The van der Waals surface area contributed by atoms with Gasteiger partial charge in [0.1, 0.15) is 11.6 Å². The average Bonchev–Trinajstić information content (AvgIpc) is 3.42. The van der Waals surface area contributed by atoms with Crippen LogP contribution >= 0.6 is 35.0 Å². The molecule has 6 nitrogen and oxygen atoms in total. The number of benzene rings is 2. The number of fused-ring (bicyclic) bond motifs is 1. The number of carbonyl (C=O) groups excluding carboxylic acids is 3. The van der Waals surface area contributed by atoms with Crippen molar-refractivity contribution in [3.63, 3.8) is 0 Å². The van der Waals surface area contributed by atoms with Crippen LogP contribution < -0.4 is 10.2 Å². The number of halogens is 4. The molecule has 198 valence electrons. The van der Waals surface area contributed by atoms with Crippen molar-refractivity contribution < 1.29 is 27.9 Å². The number of amides is 2. The number of ketones is 1. The summed E-state index contributed by atoms with van der Waals surface area (Å²) in [6.45, 7) is 5.27. The first-order valence-corrected chi connectivity index (χ1v) is 13.4. The van der Waals surface area contributed by atoms with Crippen molar-refractivity contribution in [1.82, 2.24) is 5.32 Å². The summed E-state index contributed by atoms with van der Waals surface area (Å²) < 4.78 is 32.2. The van der Waals surface area contributed by atoms with Gasteiger partial charge in [0.05, 0.1) is 17.3 Å². The number of nitrogens with one attached hydrogen (secondary N) is 1. The van der Waals surface area contributed by atoms with Crippen LogP contribution in [0.4, 0.5) is 19.3 Å². The second-order valence-corrected chi connectivity index (χ2v) is 12.1. The number of carbonyl (C=O) groups is 3. The second kappa shape index (κ2) is 10.4. The molecule has 1 aliphatic heterocycles. The monoisotopic (exact) mass is 570 g/mol. The van der Waals surface area contributed by atoms with Crippen molar-refractivity contribution in [3.8, 4) is 0 Å². The first kappa shape index (κ1) is 27.7. The zero-order chi connectivity index (χ0) is 27.1. The number of ether oxygens (including phenoxy) is 1. The van der Waals surface area contributed by atoms with Crippen molar-refractivity contribution >= 4 is 58.4 Å². The van der Waals surface area contributed by atoms with E-state index in [0.717, 1.165) is 5.56 Å². The first-order valence-electron chi connectivity index (χ1n) is 11.7. The standard InChI is InChI=1S/C26H26Cl2F2N2O4S/c1-25(2,3)36-24(35)31-19-13-37-22-10-18(28)17(21(33)8-15-11-26(15,29)30)9-20(22)32(23(19)34)12-14-4-6-16(27)7-5-14/h4-7,9-10,15,19H,8,11-13H2,1-3H3,(H,31,35)/t15-,19+/m1/s1. The van der Waals surface area contributed by atoms with Gasteiger partial charge in [-0.1, -0.05) is 35.3 Å². The highest BCUT2D eigenvalue weighted by Gasteiger charge is 2.57. The Hall–Kier alpha value is -2.36. The van der Waals surface area contributed by atoms with E-state index >= 15 is 0 Å². The minimum Gasteiger partial charge on any atom is -0.444 e. The fourth-order valence-electron chi connectivity index (χ4n) is 3.95. The quantitative estimate of drug-likeness (QED) is 0.388. The normalized spacial score (nSPS) is 20.6. The van der Waals surface area contributed by atoms with Gasteiger partial charge in [0, 0.05) is 40.0 Å². The van der Waals surface area contributed by atoms with Crippen molar-refractivity contribution in [2.75, 3.05) is 10.7 Å². The Balaban J connectivity index is 1.67. The number of Topliss-reactive ketones (excluding diaryl/α,β-unsaturated/α-hetero) is 1. The number of thioether (sulfide) groups is 1. The van der Waals surface area contributed by atoms with Crippen LogP contribution in [0.25, 0.3) is 0 Å². The highest BCUT2D eigenvalue weighted by Crippen LogP contribution is 2.51. The molecule has 1 fully saturated rings. The third-order valence-corrected chi connectivity index (χ3v) is 7.64. The molecule has 2 aliphatic rings. The molecule has 37 heavy (non-hydrogen) atoms. The van der Waals surface area contributed by atoms with Crippen molar-refractivity contribution in [1.29, 1.82) is 0 Å². The van der Waals surface area contributed by atoms with Crippen LogP contribution in [0.15, 0.2) is 41.3 Å². The van der Waals surface area contributed by atoms with Gasteiger partial charge in [0.25, 0.3) is 11.8 Å². The second-order valence-electron chi connectivity index (χ2n) is 10.1. The van der Waals surface area contributed by atoms with Gasteiger partial charge in [-0.15, -0.1) is 11.8 Å². The summed E-state index contributed by atoms with van der Waals surface area (Å²) in [5, 5.41) is 3.30. The van der Waals surface area contributed by atoms with Crippen molar-refractivity contribution in [3.05, 3.63) is 57.6 Å². The van der Waals surface area contributed by atoms with E-state index in [9.17, 15) is 23.2 Å². The maximum atomic E-state index is 13.7. The smallest absolute Gasteiger partial charge is 0.408 e. The molecule has 0 spiro atoms. The third-order valence-electron chi connectivity index (χ3n) is 5.94. The van der Waals surface area contributed by atoms with E-state index in [1.807, 2.05) is 0 Å². The number of anilines is 1. The Labute approximate surface area is 228 Å². The van der Waals surface area contributed by atoms with Gasteiger partial charge in [-0.3, -0.25) is 9.59 Å². The number of alkyl halides is 2. The van der Waals surface area contributed by atoms with E-state index in [0.29, 0.717) is 15.6 Å². The largest absolute Gasteiger partial charge is 0.444 e. The van der Waals surface area contributed by atoms with Gasteiger partial charge in [0.2, 0.25) is 0 Å². The molecule has 2 atom stereocenters. The lowest BCUT2D eigenvalue weighted by Gasteiger charge is -2.27. The Morgan fingerprint density at radius 1 is 1.19 bits per heavy atom. The molecular formula is C26H26Cl2F2N2O4S. The summed E-state index contributed by atoms with van der Waals surface area (Å²) in [5.74, 6) is -4.56. The maximum absolute atomic E-state index is 13.7. The van der Waals surface area contributed by atoms with Gasteiger partial charge >= 0.3 is 6.09 Å². The van der Waals surface area contributed by atoms with Crippen LogP contribution in [-0.4, -0.2) is 41.1 Å². The predicted octanol–water partition coefficient (Wildman–Crippen LogP) is 6.75. The molecule has 11 heteroatoms. The Kier molecular flexibility index (Phi) is 7.79. The molecule has 0 saturated heterocycles. The molecule has 1 heterocycles. The molecule has 0 bridgehead atoms. The molecule has 2 amide bonds. The molecule has 2 aromatic carbocycles. The van der Waals surface area contributed by atoms with E-state index in [4.69, 9.17) is 27.9 Å². The summed E-state index contributed by atoms with van der Waals surface area (Å²) in [5.41, 5.74) is 0.495. The van der Waals surface area contributed by atoms with Gasteiger partial charge in [-0.25, -0.2) is 13.6 Å². The SMILES string of the molecule is CC(C)(C)OC(=O)N[C@H]1CSc2cc(Cl)c(C(=O)C[C@@H]3CC3(F)F)cc2N(Cc2ccc(Cl)cc2)C1=O. The van der Waals surface area contributed by atoms with E-state index in [2.05, 4.69) is 5.32 Å². The summed E-state index contributed by atoms with van der Waals surface area (Å²) in [4.78, 5) is 41.1. The zero-order valence-electron chi connectivity index (χ0n) is 20.4. The molecule has 0 radical (unpaired) electrons. The lowest BCUT2D eigenvalue weighted by atomic mass is 10.0. The van der Waals surface area contributed by atoms with Crippen molar-refractivity contribution in [2.45, 2.75) is 62.6 Å². The number of hydrogen-bond donors (Lipinski definition) is 1. The molecule has 1 aliphatic carbocycles. The van der Waals surface area contributed by atoms with Crippen LogP contribution in [0.1, 0.15) is 49.5 Å². The van der Waals surface area contributed by atoms with Crippen LogP contribution in [0.5, 0.6) is 0 Å². The summed E-state index contributed by atoms with van der Waals surface area (Å²) in [7, 11) is 0. The Morgan fingerprint density at radius 3 is 2.43 bits per heavy atom. The number of rotatable bonds is 6. The van der Waals surface area contributed by atoms with E-state index in [-0.39, 0.29) is 35.7 Å². The van der Waals surface area contributed by atoms with Gasteiger partial charge in [0.15, 0.2) is 5.78 Å². The highest BCUT2D eigenvalue weighted by molar-refractivity contribution is 7.99. The minimum absolute atomic E-state index is 0.0798. The third kappa shape index (κ3) is 6.75. The van der Waals surface area contributed by atoms with E-state index in [1.165, 1.54) is 22.7 Å². The van der Waals surface area contributed by atoms with Gasteiger partial charge < -0.3 is 15.0 Å². The Bertz CT molecular complexity index is 1230. The molecular weight excluding hydrogens is 545 g/mol. The summed E-state index contributed by atoms with van der Waals surface area (Å²) >= 11 is 13.7. The number of nitrogens with zero attached hydrogens (tertiary/aromatic N) is 1. The van der Waals surface area contributed by atoms with Crippen LogP contribution in [-0.2, 0) is 16.1 Å². The minimum atomic E-state index is -2.83. The highest BCUT2D eigenvalue weighted by atomic mass is 35.5. The molecule has 1 saturated carbocycles. The van der Waals surface area contributed by atoms with Crippen LogP contribution in [0.3, 0.4) is 0 Å². The molecule has 2 aromatic rings. The van der Waals surface area contributed by atoms with Crippen LogP contribution in [0.2, 0.25) is 10.0 Å². The maximum Gasteiger partial charge on any atom is 0.408 e. The van der Waals surface area contributed by atoms with Gasteiger partial charge in [-0.2, -0.15) is 0 Å². The average molecular weight is 571 g/mol. The van der Waals surface area contributed by atoms with Crippen molar-refractivity contribution in [2.24, 2.45) is 5.92 Å². The van der Waals surface area contributed by atoms with Crippen LogP contribution in [0, 0.1) is 5.92 Å². The zero-order valence-corrected chi connectivity index (χ0v) is 22.8.